The molecular weight excluding hydrogens is 251 g/mol. The molecule has 0 fully saturated rings. The van der Waals surface area contributed by atoms with E-state index in [1.54, 1.807) is 10.9 Å². The SMILES string of the molecule is CCn1cc(CNC(C)(C(=O)O)C(F)(F)F)cn1. The number of carbonyl (C=O) groups is 1. The molecule has 1 rings (SSSR count). The van der Waals surface area contributed by atoms with Gasteiger partial charge in [-0.15, -0.1) is 0 Å². The van der Waals surface area contributed by atoms with Crippen molar-refractivity contribution >= 4 is 5.97 Å². The largest absolute Gasteiger partial charge is 0.480 e. The summed E-state index contributed by atoms with van der Waals surface area (Å²) in [5.41, 5.74) is -2.48. The van der Waals surface area contributed by atoms with Crippen molar-refractivity contribution in [2.24, 2.45) is 0 Å². The molecule has 1 unspecified atom stereocenters. The summed E-state index contributed by atoms with van der Waals surface area (Å²) in [5.74, 6) is -1.96. The molecule has 1 heterocycles. The van der Waals surface area contributed by atoms with Crippen LogP contribution in [0, 0.1) is 0 Å². The third kappa shape index (κ3) is 2.81. The number of nitrogens with zero attached hydrogens (tertiary/aromatic N) is 2. The maximum atomic E-state index is 12.7. The second-order valence-electron chi connectivity index (χ2n) is 3.99. The van der Waals surface area contributed by atoms with Gasteiger partial charge < -0.3 is 5.11 Å². The van der Waals surface area contributed by atoms with E-state index in [1.807, 2.05) is 12.2 Å². The molecule has 0 saturated heterocycles. The van der Waals surface area contributed by atoms with Gasteiger partial charge in [-0.3, -0.25) is 10.00 Å². The molecule has 1 aromatic rings. The van der Waals surface area contributed by atoms with Crippen LogP contribution in [0.25, 0.3) is 0 Å². The van der Waals surface area contributed by atoms with Gasteiger partial charge >= 0.3 is 12.1 Å². The molecular formula is C10H14F3N3O2. The molecule has 8 heteroatoms. The number of carboxylic acid groups (broad SMARTS) is 1. The van der Waals surface area contributed by atoms with Crippen LogP contribution in [0.2, 0.25) is 0 Å². The molecule has 1 aromatic heterocycles. The maximum absolute atomic E-state index is 12.7. The highest BCUT2D eigenvalue weighted by atomic mass is 19.4. The van der Waals surface area contributed by atoms with E-state index in [2.05, 4.69) is 5.10 Å². The Bertz CT molecular complexity index is 430. The summed E-state index contributed by atoms with van der Waals surface area (Å²) in [7, 11) is 0. The molecule has 2 N–H and O–H groups in total. The fourth-order valence-corrected chi connectivity index (χ4v) is 1.25. The van der Waals surface area contributed by atoms with Gasteiger partial charge in [0.15, 0.2) is 0 Å². The summed E-state index contributed by atoms with van der Waals surface area (Å²) in [6.07, 6.45) is -1.92. The lowest BCUT2D eigenvalue weighted by atomic mass is 10.0. The lowest BCUT2D eigenvalue weighted by molar-refractivity contribution is -0.206. The number of hydrogen-bond donors (Lipinski definition) is 2. The van der Waals surface area contributed by atoms with Gasteiger partial charge in [0.05, 0.1) is 6.20 Å². The molecule has 0 radical (unpaired) electrons. The van der Waals surface area contributed by atoms with E-state index in [0.29, 0.717) is 19.0 Å². The van der Waals surface area contributed by atoms with Crippen LogP contribution in [-0.4, -0.2) is 32.6 Å². The van der Waals surface area contributed by atoms with Crippen molar-refractivity contribution in [3.8, 4) is 0 Å². The first kappa shape index (κ1) is 14.5. The van der Waals surface area contributed by atoms with Crippen molar-refractivity contribution in [3.63, 3.8) is 0 Å². The van der Waals surface area contributed by atoms with E-state index in [-0.39, 0.29) is 6.54 Å². The maximum Gasteiger partial charge on any atom is 0.417 e. The summed E-state index contributed by atoms with van der Waals surface area (Å²) in [5, 5.41) is 14.6. The topological polar surface area (TPSA) is 67.2 Å². The van der Waals surface area contributed by atoms with Crippen LogP contribution in [-0.2, 0) is 17.9 Å². The molecule has 0 bridgehead atoms. The van der Waals surface area contributed by atoms with Gasteiger partial charge in [0.2, 0.25) is 5.54 Å². The smallest absolute Gasteiger partial charge is 0.417 e. The number of halogens is 3. The lowest BCUT2D eigenvalue weighted by Gasteiger charge is -2.28. The van der Waals surface area contributed by atoms with Crippen molar-refractivity contribution < 1.29 is 23.1 Å². The van der Waals surface area contributed by atoms with Gasteiger partial charge in [-0.2, -0.15) is 18.3 Å². The molecule has 0 aliphatic heterocycles. The molecule has 102 valence electrons. The molecule has 1 atom stereocenters. The number of aromatic nitrogens is 2. The number of carboxylic acids is 1. The number of hydrogen-bond acceptors (Lipinski definition) is 3. The Labute approximate surface area is 102 Å². The number of nitrogens with one attached hydrogen (secondary N) is 1. The zero-order chi connectivity index (χ0) is 14.0. The number of aliphatic carboxylic acids is 1. The molecule has 0 aliphatic rings. The molecule has 18 heavy (non-hydrogen) atoms. The normalized spacial score (nSPS) is 15.4. The molecule has 0 saturated carbocycles. The third-order valence-electron chi connectivity index (χ3n) is 2.65. The van der Waals surface area contributed by atoms with Crippen molar-refractivity contribution in [2.75, 3.05) is 0 Å². The first-order valence-electron chi connectivity index (χ1n) is 5.27. The zero-order valence-electron chi connectivity index (χ0n) is 9.95. The Morgan fingerprint density at radius 2 is 2.17 bits per heavy atom. The monoisotopic (exact) mass is 265 g/mol. The van der Waals surface area contributed by atoms with E-state index >= 15 is 0 Å². The van der Waals surface area contributed by atoms with Crippen molar-refractivity contribution in [1.82, 2.24) is 15.1 Å². The van der Waals surface area contributed by atoms with Crippen LogP contribution in [0.3, 0.4) is 0 Å². The minimum absolute atomic E-state index is 0.220. The Kier molecular flexibility index (Phi) is 4.00. The molecule has 0 aromatic carbocycles. The highest BCUT2D eigenvalue weighted by Crippen LogP contribution is 2.30. The van der Waals surface area contributed by atoms with Crippen molar-refractivity contribution in [1.29, 1.82) is 0 Å². The number of alkyl halides is 3. The average Bonchev–Trinajstić information content (AvgIpc) is 2.71. The first-order chi connectivity index (χ1) is 8.20. The summed E-state index contributed by atoms with van der Waals surface area (Å²) in [4.78, 5) is 10.7. The quantitative estimate of drug-likeness (QED) is 0.844. The van der Waals surface area contributed by atoms with E-state index in [1.165, 1.54) is 6.20 Å². The second-order valence-corrected chi connectivity index (χ2v) is 3.99. The lowest BCUT2D eigenvalue weighted by Crippen LogP contribution is -2.59. The van der Waals surface area contributed by atoms with Gasteiger partial charge in [0, 0.05) is 24.8 Å². The fourth-order valence-electron chi connectivity index (χ4n) is 1.25. The summed E-state index contributed by atoms with van der Waals surface area (Å²) >= 11 is 0. The van der Waals surface area contributed by atoms with E-state index < -0.39 is 17.7 Å². The van der Waals surface area contributed by atoms with Crippen LogP contribution in [0.5, 0.6) is 0 Å². The number of aryl methyl sites for hydroxylation is 1. The zero-order valence-corrected chi connectivity index (χ0v) is 9.95. The van der Waals surface area contributed by atoms with Crippen LogP contribution in [0.15, 0.2) is 12.4 Å². The Balaban J connectivity index is 2.78. The standard InChI is InChI=1S/C10H14F3N3O2/c1-3-16-6-7(5-15-16)4-14-9(2,8(17)18)10(11,12)13/h5-6,14H,3-4H2,1-2H3,(H,17,18). The van der Waals surface area contributed by atoms with Gasteiger partial charge in [-0.25, -0.2) is 4.79 Å². The van der Waals surface area contributed by atoms with Crippen LogP contribution in [0.4, 0.5) is 13.2 Å². The fraction of sp³-hybridized carbons (Fsp3) is 0.600. The molecule has 5 nitrogen and oxygen atoms in total. The molecule has 0 aliphatic carbocycles. The van der Waals surface area contributed by atoms with Gasteiger partial charge in [-0.1, -0.05) is 0 Å². The van der Waals surface area contributed by atoms with E-state index in [9.17, 15) is 18.0 Å². The number of rotatable bonds is 5. The van der Waals surface area contributed by atoms with Gasteiger partial charge in [0.1, 0.15) is 0 Å². The average molecular weight is 265 g/mol. The summed E-state index contributed by atoms with van der Waals surface area (Å²) in [6.45, 7) is 2.80. The second kappa shape index (κ2) is 4.97. The predicted molar refractivity (Wildman–Crippen MR) is 56.8 cm³/mol. The Hall–Kier alpha value is -1.57. The highest BCUT2D eigenvalue weighted by molar-refractivity contribution is 5.79. The van der Waals surface area contributed by atoms with Gasteiger partial charge in [-0.05, 0) is 13.8 Å². The summed E-state index contributed by atoms with van der Waals surface area (Å²) < 4.78 is 39.5. The summed E-state index contributed by atoms with van der Waals surface area (Å²) in [6, 6.07) is 0. The van der Waals surface area contributed by atoms with Crippen molar-refractivity contribution in [3.05, 3.63) is 18.0 Å². The third-order valence-corrected chi connectivity index (χ3v) is 2.65. The minimum Gasteiger partial charge on any atom is -0.480 e. The van der Waals surface area contributed by atoms with Crippen LogP contribution < -0.4 is 5.32 Å². The minimum atomic E-state index is -4.88. The predicted octanol–water partition coefficient (Wildman–Crippen LogP) is 1.40. The molecule has 0 spiro atoms. The first-order valence-corrected chi connectivity index (χ1v) is 5.27. The molecule has 0 amide bonds. The van der Waals surface area contributed by atoms with Crippen molar-refractivity contribution in [2.45, 2.75) is 38.7 Å². The van der Waals surface area contributed by atoms with Crippen LogP contribution in [0.1, 0.15) is 19.4 Å². The van der Waals surface area contributed by atoms with Gasteiger partial charge in [0.25, 0.3) is 0 Å². The van der Waals surface area contributed by atoms with Crippen LogP contribution >= 0.6 is 0 Å². The van der Waals surface area contributed by atoms with E-state index in [0.717, 1.165) is 0 Å². The Morgan fingerprint density at radius 3 is 2.56 bits per heavy atom. The highest BCUT2D eigenvalue weighted by Gasteiger charge is 2.57. The Morgan fingerprint density at radius 1 is 1.56 bits per heavy atom. The van der Waals surface area contributed by atoms with E-state index in [4.69, 9.17) is 5.11 Å².